The molecule has 0 aliphatic rings. The summed E-state index contributed by atoms with van der Waals surface area (Å²) < 4.78 is 24.4. The molecular weight excluding hydrogens is 301 g/mol. The van der Waals surface area contributed by atoms with Crippen molar-refractivity contribution >= 4 is 17.4 Å². The number of carbonyl (C=O) groups is 1. The van der Waals surface area contributed by atoms with Crippen molar-refractivity contribution in [3.63, 3.8) is 0 Å². The highest BCUT2D eigenvalue weighted by molar-refractivity contribution is 5.88. The lowest BCUT2D eigenvalue weighted by atomic mass is 10.2. The Morgan fingerprint density at radius 1 is 1.35 bits per heavy atom. The Bertz CT molecular complexity index is 625. The van der Waals surface area contributed by atoms with Gasteiger partial charge in [-0.2, -0.15) is 0 Å². The Labute approximate surface area is 135 Å². The molecule has 5 nitrogen and oxygen atoms in total. The second-order valence-electron chi connectivity index (χ2n) is 5.00. The summed E-state index contributed by atoms with van der Waals surface area (Å²) in [6, 6.07) is 4.52. The standard InChI is InChI=1S/C14H18FNO2.C3H6O2/c1-10-14(17)12-9-11(15)5-6-13(12)16(10)7-3-4-8-18-2;1-2-5-3-4/h5-6,9,17H,3-4,7-8H2,1-2H3;3H,2H2,1H3. The number of hydrogen-bond donors (Lipinski definition) is 1. The van der Waals surface area contributed by atoms with E-state index < -0.39 is 0 Å². The summed E-state index contributed by atoms with van der Waals surface area (Å²) in [6.07, 6.45) is 1.94. The number of methoxy groups -OCH3 is 1. The molecule has 2 rings (SSSR count). The van der Waals surface area contributed by atoms with Crippen LogP contribution in [0, 0.1) is 12.7 Å². The monoisotopic (exact) mass is 325 g/mol. The van der Waals surface area contributed by atoms with Crippen LogP contribution in [0.2, 0.25) is 0 Å². The third-order valence-electron chi connectivity index (χ3n) is 3.47. The number of carbonyl (C=O) groups excluding carboxylic acids is 1. The topological polar surface area (TPSA) is 60.7 Å². The molecule has 0 amide bonds. The van der Waals surface area contributed by atoms with E-state index in [-0.39, 0.29) is 11.6 Å². The molecule has 0 saturated heterocycles. The molecular formula is C17H24FNO4. The van der Waals surface area contributed by atoms with Crippen molar-refractivity contribution in [1.29, 1.82) is 0 Å². The van der Waals surface area contributed by atoms with Gasteiger partial charge < -0.3 is 19.1 Å². The largest absolute Gasteiger partial charge is 0.505 e. The minimum absolute atomic E-state index is 0.177. The first-order valence-corrected chi connectivity index (χ1v) is 7.58. The zero-order valence-electron chi connectivity index (χ0n) is 13.8. The molecule has 0 bridgehead atoms. The van der Waals surface area contributed by atoms with E-state index in [2.05, 4.69) is 4.74 Å². The molecule has 1 heterocycles. The van der Waals surface area contributed by atoms with Crippen LogP contribution < -0.4 is 0 Å². The molecule has 0 radical (unpaired) electrons. The maximum Gasteiger partial charge on any atom is 0.293 e. The van der Waals surface area contributed by atoms with Crippen LogP contribution in [0.25, 0.3) is 10.9 Å². The first kappa shape index (κ1) is 19.0. The minimum Gasteiger partial charge on any atom is -0.505 e. The summed E-state index contributed by atoms with van der Waals surface area (Å²) in [4.78, 5) is 9.18. The quantitative estimate of drug-likeness (QED) is 0.626. The molecule has 23 heavy (non-hydrogen) atoms. The van der Waals surface area contributed by atoms with Gasteiger partial charge in [-0.05, 0) is 44.9 Å². The third-order valence-corrected chi connectivity index (χ3v) is 3.47. The van der Waals surface area contributed by atoms with Gasteiger partial charge >= 0.3 is 0 Å². The highest BCUT2D eigenvalue weighted by atomic mass is 19.1. The molecule has 6 heteroatoms. The zero-order chi connectivity index (χ0) is 17.2. The highest BCUT2D eigenvalue weighted by Crippen LogP contribution is 2.32. The van der Waals surface area contributed by atoms with Crippen molar-refractivity contribution in [2.45, 2.75) is 33.2 Å². The SMILES string of the molecule is CCOC=O.COCCCCn1c(C)c(O)c2cc(F)ccc21. The van der Waals surface area contributed by atoms with Crippen LogP contribution in [0.15, 0.2) is 18.2 Å². The summed E-state index contributed by atoms with van der Waals surface area (Å²) in [7, 11) is 1.69. The molecule has 0 aliphatic heterocycles. The Hall–Kier alpha value is -2.08. The van der Waals surface area contributed by atoms with Crippen molar-refractivity contribution in [2.75, 3.05) is 20.3 Å². The maximum absolute atomic E-state index is 13.2. The van der Waals surface area contributed by atoms with Gasteiger partial charge in [0.2, 0.25) is 0 Å². The second-order valence-corrected chi connectivity index (χ2v) is 5.00. The predicted molar refractivity (Wildman–Crippen MR) is 87.1 cm³/mol. The number of hydrogen-bond acceptors (Lipinski definition) is 4. The fourth-order valence-corrected chi connectivity index (χ4v) is 2.31. The van der Waals surface area contributed by atoms with E-state index in [1.807, 2.05) is 11.5 Å². The molecule has 2 aromatic rings. The van der Waals surface area contributed by atoms with E-state index in [0.717, 1.165) is 37.2 Å². The van der Waals surface area contributed by atoms with Crippen LogP contribution in [0.1, 0.15) is 25.5 Å². The number of halogens is 1. The van der Waals surface area contributed by atoms with E-state index in [4.69, 9.17) is 4.74 Å². The number of benzene rings is 1. The van der Waals surface area contributed by atoms with Gasteiger partial charge in [-0.15, -0.1) is 0 Å². The van der Waals surface area contributed by atoms with E-state index in [9.17, 15) is 14.3 Å². The van der Waals surface area contributed by atoms with Gasteiger partial charge in [0.05, 0.1) is 17.8 Å². The molecule has 0 saturated carbocycles. The number of aromatic hydroxyl groups is 1. The van der Waals surface area contributed by atoms with Crippen LogP contribution in [0.4, 0.5) is 4.39 Å². The maximum atomic E-state index is 13.2. The Morgan fingerprint density at radius 2 is 2.09 bits per heavy atom. The van der Waals surface area contributed by atoms with Crippen LogP contribution >= 0.6 is 0 Å². The fourth-order valence-electron chi connectivity index (χ4n) is 2.31. The minimum atomic E-state index is -0.325. The Morgan fingerprint density at radius 3 is 2.65 bits per heavy atom. The number of nitrogens with zero attached hydrogens (tertiary/aromatic N) is 1. The average molecular weight is 325 g/mol. The smallest absolute Gasteiger partial charge is 0.293 e. The van der Waals surface area contributed by atoms with Crippen LogP contribution in [0.3, 0.4) is 0 Å². The molecule has 1 N–H and O–H groups in total. The summed E-state index contributed by atoms with van der Waals surface area (Å²) in [6.45, 7) is 6.05. The van der Waals surface area contributed by atoms with Crippen molar-refractivity contribution in [3.8, 4) is 5.75 Å². The summed E-state index contributed by atoms with van der Waals surface area (Å²) in [5.74, 6) is -0.148. The van der Waals surface area contributed by atoms with Crippen LogP contribution in [0.5, 0.6) is 5.75 Å². The number of fused-ring (bicyclic) bond motifs is 1. The van der Waals surface area contributed by atoms with Gasteiger partial charge in [0.15, 0.2) is 0 Å². The predicted octanol–water partition coefficient (Wildman–Crippen LogP) is 3.40. The van der Waals surface area contributed by atoms with Gasteiger partial charge in [0.25, 0.3) is 6.47 Å². The molecule has 0 aliphatic carbocycles. The summed E-state index contributed by atoms with van der Waals surface area (Å²) in [5.41, 5.74) is 1.66. The molecule has 0 atom stereocenters. The van der Waals surface area contributed by atoms with E-state index >= 15 is 0 Å². The second kappa shape index (κ2) is 9.84. The van der Waals surface area contributed by atoms with E-state index in [0.29, 0.717) is 18.5 Å². The lowest BCUT2D eigenvalue weighted by Gasteiger charge is -2.07. The van der Waals surface area contributed by atoms with Gasteiger partial charge in [-0.25, -0.2) is 4.39 Å². The molecule has 128 valence electrons. The lowest BCUT2D eigenvalue weighted by molar-refractivity contribution is -0.128. The fraction of sp³-hybridized carbons (Fsp3) is 0.471. The summed E-state index contributed by atoms with van der Waals surface area (Å²) in [5, 5.41) is 10.6. The first-order chi connectivity index (χ1) is 11.1. The van der Waals surface area contributed by atoms with Crippen LogP contribution in [-0.4, -0.2) is 36.5 Å². The van der Waals surface area contributed by atoms with E-state index in [1.165, 1.54) is 12.1 Å². The Balaban J connectivity index is 0.000000463. The molecule has 1 aromatic heterocycles. The normalized spacial score (nSPS) is 10.3. The van der Waals surface area contributed by atoms with E-state index in [1.54, 1.807) is 20.1 Å². The number of rotatable bonds is 7. The lowest BCUT2D eigenvalue weighted by Crippen LogP contribution is -2.01. The van der Waals surface area contributed by atoms with Crippen molar-refractivity contribution in [3.05, 3.63) is 29.7 Å². The van der Waals surface area contributed by atoms with Crippen molar-refractivity contribution in [2.24, 2.45) is 0 Å². The molecule has 0 spiro atoms. The highest BCUT2D eigenvalue weighted by Gasteiger charge is 2.13. The number of aromatic nitrogens is 1. The zero-order valence-corrected chi connectivity index (χ0v) is 13.8. The first-order valence-electron chi connectivity index (χ1n) is 7.58. The van der Waals surface area contributed by atoms with Gasteiger partial charge in [-0.1, -0.05) is 0 Å². The van der Waals surface area contributed by atoms with Gasteiger partial charge in [0.1, 0.15) is 11.6 Å². The molecule has 0 fully saturated rings. The average Bonchev–Trinajstić information content (AvgIpc) is 2.77. The molecule has 1 aromatic carbocycles. The Kier molecular flexibility index (Phi) is 8.11. The number of ether oxygens (including phenoxy) is 2. The van der Waals surface area contributed by atoms with Crippen LogP contribution in [-0.2, 0) is 20.8 Å². The molecule has 0 unspecified atom stereocenters. The van der Waals surface area contributed by atoms with Crippen molar-refractivity contribution < 1.29 is 23.8 Å². The number of unbranched alkanes of at least 4 members (excludes halogenated alkanes) is 1. The third kappa shape index (κ3) is 5.25. The van der Waals surface area contributed by atoms with Gasteiger partial charge in [-0.3, -0.25) is 4.79 Å². The van der Waals surface area contributed by atoms with Gasteiger partial charge in [0, 0.05) is 25.6 Å². The van der Waals surface area contributed by atoms with Crippen molar-refractivity contribution in [1.82, 2.24) is 4.57 Å². The number of aryl methyl sites for hydroxylation is 1. The summed E-state index contributed by atoms with van der Waals surface area (Å²) >= 11 is 0.